The summed E-state index contributed by atoms with van der Waals surface area (Å²) in [5.41, 5.74) is 3.98. The molecule has 1 fully saturated rings. The fourth-order valence-electron chi connectivity index (χ4n) is 2.98. The Labute approximate surface area is 121 Å². The van der Waals surface area contributed by atoms with Crippen molar-refractivity contribution >= 4 is 0 Å². The summed E-state index contributed by atoms with van der Waals surface area (Å²) in [5.74, 6) is 1.87. The Balaban J connectivity index is 1.73. The Kier molecular flexibility index (Phi) is 4.13. The number of hydrogen-bond acceptors (Lipinski definition) is 4. The Morgan fingerprint density at radius 2 is 1.85 bits per heavy atom. The number of benzene rings is 1. The molecule has 1 aromatic carbocycles. The van der Waals surface area contributed by atoms with Gasteiger partial charge in [-0.25, -0.2) is 0 Å². The molecule has 0 unspecified atom stereocenters. The maximum Gasteiger partial charge on any atom is 0.164 e. The molecule has 1 saturated heterocycles. The quantitative estimate of drug-likeness (QED) is 0.907. The highest BCUT2D eigenvalue weighted by Gasteiger charge is 2.19. The minimum atomic E-state index is 0.659. The van der Waals surface area contributed by atoms with Gasteiger partial charge in [-0.1, -0.05) is 0 Å². The third kappa shape index (κ3) is 2.76. The van der Waals surface area contributed by atoms with Crippen molar-refractivity contribution in [1.29, 1.82) is 0 Å². The van der Waals surface area contributed by atoms with E-state index in [1.165, 1.54) is 16.7 Å². The van der Waals surface area contributed by atoms with Crippen LogP contribution in [0.15, 0.2) is 6.07 Å². The first-order chi connectivity index (χ1) is 9.75. The van der Waals surface area contributed by atoms with Crippen molar-refractivity contribution in [3.8, 4) is 11.5 Å². The second kappa shape index (κ2) is 6.02. The van der Waals surface area contributed by atoms with E-state index in [1.807, 2.05) is 0 Å². The molecule has 3 rings (SSSR count). The van der Waals surface area contributed by atoms with E-state index in [0.29, 0.717) is 13.2 Å². The van der Waals surface area contributed by atoms with Gasteiger partial charge in [0.15, 0.2) is 11.5 Å². The zero-order chi connectivity index (χ0) is 13.9. The topological polar surface area (TPSA) is 33.7 Å². The maximum atomic E-state index is 5.74. The molecular formula is C16H24N2O2. The first kappa shape index (κ1) is 13.7. The maximum absolute atomic E-state index is 5.74. The number of hydrogen-bond donors (Lipinski definition) is 1. The van der Waals surface area contributed by atoms with Gasteiger partial charge in [0.05, 0.1) is 0 Å². The average molecular weight is 276 g/mol. The second-order valence-corrected chi connectivity index (χ2v) is 5.65. The van der Waals surface area contributed by atoms with Gasteiger partial charge in [0.1, 0.15) is 13.2 Å². The molecule has 0 spiro atoms. The highest BCUT2D eigenvalue weighted by molar-refractivity contribution is 5.54. The van der Waals surface area contributed by atoms with Gasteiger partial charge in [0, 0.05) is 32.7 Å². The molecule has 0 saturated carbocycles. The molecule has 20 heavy (non-hydrogen) atoms. The number of ether oxygens (including phenoxy) is 2. The number of nitrogens with one attached hydrogen (secondary N) is 1. The van der Waals surface area contributed by atoms with Gasteiger partial charge in [-0.3, -0.25) is 0 Å². The van der Waals surface area contributed by atoms with Gasteiger partial charge in [0.2, 0.25) is 0 Å². The van der Waals surface area contributed by atoms with Crippen LogP contribution in [0.5, 0.6) is 11.5 Å². The van der Waals surface area contributed by atoms with E-state index >= 15 is 0 Å². The van der Waals surface area contributed by atoms with Crippen molar-refractivity contribution in [3.05, 3.63) is 22.8 Å². The SMILES string of the molecule is Cc1c(CCN2CCNCC2)cc2c(c1C)OCCO2. The summed E-state index contributed by atoms with van der Waals surface area (Å²) < 4.78 is 11.5. The van der Waals surface area contributed by atoms with E-state index in [0.717, 1.165) is 50.6 Å². The third-order valence-corrected chi connectivity index (χ3v) is 4.41. The lowest BCUT2D eigenvalue weighted by Gasteiger charge is -2.28. The zero-order valence-electron chi connectivity index (χ0n) is 12.5. The highest BCUT2D eigenvalue weighted by Crippen LogP contribution is 2.37. The smallest absolute Gasteiger partial charge is 0.164 e. The molecule has 4 heteroatoms. The molecule has 0 atom stereocenters. The molecule has 0 amide bonds. The van der Waals surface area contributed by atoms with Gasteiger partial charge >= 0.3 is 0 Å². The number of rotatable bonds is 3. The molecule has 1 aromatic rings. The monoisotopic (exact) mass is 276 g/mol. The summed E-state index contributed by atoms with van der Waals surface area (Å²) in [6.07, 6.45) is 1.09. The summed E-state index contributed by atoms with van der Waals surface area (Å²) >= 11 is 0. The van der Waals surface area contributed by atoms with Crippen molar-refractivity contribution in [3.63, 3.8) is 0 Å². The van der Waals surface area contributed by atoms with Gasteiger partial charge in [0.25, 0.3) is 0 Å². The Morgan fingerprint density at radius 1 is 1.10 bits per heavy atom. The fourth-order valence-corrected chi connectivity index (χ4v) is 2.98. The Bertz CT molecular complexity index is 482. The molecule has 1 N–H and O–H groups in total. The third-order valence-electron chi connectivity index (χ3n) is 4.41. The first-order valence-electron chi connectivity index (χ1n) is 7.57. The van der Waals surface area contributed by atoms with E-state index in [1.54, 1.807) is 0 Å². The van der Waals surface area contributed by atoms with Crippen molar-refractivity contribution in [2.24, 2.45) is 0 Å². The summed E-state index contributed by atoms with van der Waals surface area (Å²) in [6, 6.07) is 2.18. The molecule has 2 aliphatic rings. The minimum Gasteiger partial charge on any atom is -0.486 e. The van der Waals surface area contributed by atoms with E-state index in [-0.39, 0.29) is 0 Å². The normalized spacial score (nSPS) is 19.1. The standard InChI is InChI=1S/C16H24N2O2/c1-12-13(2)16-15(19-9-10-20-16)11-14(12)3-6-18-7-4-17-5-8-18/h11,17H,3-10H2,1-2H3. The lowest BCUT2D eigenvalue weighted by Crippen LogP contribution is -2.44. The predicted octanol–water partition coefficient (Wildman–Crippen LogP) is 1.52. The van der Waals surface area contributed by atoms with Crippen molar-refractivity contribution in [1.82, 2.24) is 10.2 Å². The summed E-state index contributed by atoms with van der Waals surface area (Å²) in [6.45, 7) is 11.3. The van der Waals surface area contributed by atoms with Crippen LogP contribution in [0.2, 0.25) is 0 Å². The lowest BCUT2D eigenvalue weighted by atomic mass is 9.98. The van der Waals surface area contributed by atoms with Crippen LogP contribution >= 0.6 is 0 Å². The molecule has 0 bridgehead atoms. The minimum absolute atomic E-state index is 0.659. The first-order valence-corrected chi connectivity index (χ1v) is 7.57. The molecule has 0 radical (unpaired) electrons. The van der Waals surface area contributed by atoms with Crippen LogP contribution in [0.25, 0.3) is 0 Å². The van der Waals surface area contributed by atoms with Crippen LogP contribution in [0.4, 0.5) is 0 Å². The molecule has 0 aromatic heterocycles. The summed E-state index contributed by atoms with van der Waals surface area (Å²) in [5, 5.41) is 3.40. The summed E-state index contributed by atoms with van der Waals surface area (Å²) in [4.78, 5) is 2.53. The molecule has 2 heterocycles. The van der Waals surface area contributed by atoms with Crippen LogP contribution in [0.3, 0.4) is 0 Å². The van der Waals surface area contributed by atoms with Gasteiger partial charge in [-0.05, 0) is 43.0 Å². The van der Waals surface area contributed by atoms with Gasteiger partial charge in [-0.15, -0.1) is 0 Å². The van der Waals surface area contributed by atoms with E-state index in [9.17, 15) is 0 Å². The van der Waals surface area contributed by atoms with E-state index in [2.05, 4.69) is 30.1 Å². The van der Waals surface area contributed by atoms with E-state index in [4.69, 9.17) is 9.47 Å². The summed E-state index contributed by atoms with van der Waals surface area (Å²) in [7, 11) is 0. The zero-order valence-corrected chi connectivity index (χ0v) is 12.5. The van der Waals surface area contributed by atoms with Gasteiger partial charge < -0.3 is 19.7 Å². The Hall–Kier alpha value is -1.26. The lowest BCUT2D eigenvalue weighted by molar-refractivity contribution is 0.170. The average Bonchev–Trinajstić information content (AvgIpc) is 2.50. The van der Waals surface area contributed by atoms with Crippen molar-refractivity contribution in [2.45, 2.75) is 20.3 Å². The molecule has 0 aliphatic carbocycles. The second-order valence-electron chi connectivity index (χ2n) is 5.65. The fraction of sp³-hybridized carbons (Fsp3) is 0.625. The van der Waals surface area contributed by atoms with Crippen LogP contribution in [-0.2, 0) is 6.42 Å². The number of piperazine rings is 1. The number of fused-ring (bicyclic) bond motifs is 1. The highest BCUT2D eigenvalue weighted by atomic mass is 16.6. The van der Waals surface area contributed by atoms with Crippen LogP contribution in [0.1, 0.15) is 16.7 Å². The van der Waals surface area contributed by atoms with E-state index < -0.39 is 0 Å². The molecule has 2 aliphatic heterocycles. The largest absolute Gasteiger partial charge is 0.486 e. The van der Waals surface area contributed by atoms with Crippen LogP contribution < -0.4 is 14.8 Å². The number of nitrogens with zero attached hydrogens (tertiary/aromatic N) is 1. The van der Waals surface area contributed by atoms with Crippen molar-refractivity contribution < 1.29 is 9.47 Å². The molecule has 4 nitrogen and oxygen atoms in total. The van der Waals surface area contributed by atoms with Crippen molar-refractivity contribution in [2.75, 3.05) is 45.9 Å². The van der Waals surface area contributed by atoms with Gasteiger partial charge in [-0.2, -0.15) is 0 Å². The predicted molar refractivity (Wildman–Crippen MR) is 79.9 cm³/mol. The Morgan fingerprint density at radius 3 is 2.65 bits per heavy atom. The molecule has 110 valence electrons. The molecular weight excluding hydrogens is 252 g/mol. The van der Waals surface area contributed by atoms with Crippen LogP contribution in [-0.4, -0.2) is 50.8 Å². The van der Waals surface area contributed by atoms with Crippen LogP contribution in [0, 0.1) is 13.8 Å².